The molecule has 4 nitrogen and oxygen atoms in total. The van der Waals surface area contributed by atoms with Gasteiger partial charge in [0.15, 0.2) is 6.61 Å². The summed E-state index contributed by atoms with van der Waals surface area (Å²) in [6, 6.07) is 7.45. The van der Waals surface area contributed by atoms with E-state index in [0.717, 1.165) is 23.9 Å². The minimum absolute atomic E-state index is 0.0231. The van der Waals surface area contributed by atoms with Crippen LogP contribution in [0.4, 0.5) is 0 Å². The van der Waals surface area contributed by atoms with Gasteiger partial charge in [0.2, 0.25) is 0 Å². The first-order valence-corrected chi connectivity index (χ1v) is 6.80. The van der Waals surface area contributed by atoms with Crippen molar-refractivity contribution in [2.45, 2.75) is 18.9 Å². The SMILES string of the molecule is O=C(COc1ccccc1Br)NCC1CCCO1. The molecule has 18 heavy (non-hydrogen) atoms. The van der Waals surface area contributed by atoms with Gasteiger partial charge in [-0.25, -0.2) is 0 Å². The molecule has 1 heterocycles. The Morgan fingerprint density at radius 1 is 1.50 bits per heavy atom. The molecule has 1 saturated heterocycles. The Kier molecular flexibility index (Phi) is 5.01. The number of nitrogens with one attached hydrogen (secondary N) is 1. The summed E-state index contributed by atoms with van der Waals surface area (Å²) in [5, 5.41) is 2.81. The van der Waals surface area contributed by atoms with Crippen molar-refractivity contribution in [1.82, 2.24) is 5.32 Å². The van der Waals surface area contributed by atoms with Crippen LogP contribution in [0, 0.1) is 0 Å². The fraction of sp³-hybridized carbons (Fsp3) is 0.462. The maximum Gasteiger partial charge on any atom is 0.258 e. The molecule has 1 amide bonds. The highest BCUT2D eigenvalue weighted by molar-refractivity contribution is 9.10. The zero-order valence-corrected chi connectivity index (χ0v) is 11.6. The highest BCUT2D eigenvalue weighted by Crippen LogP contribution is 2.23. The van der Waals surface area contributed by atoms with Crippen LogP contribution in [0.25, 0.3) is 0 Å². The summed E-state index contributed by atoms with van der Waals surface area (Å²) < 4.78 is 11.7. The minimum atomic E-state index is -0.124. The van der Waals surface area contributed by atoms with E-state index in [1.165, 1.54) is 0 Å². The van der Waals surface area contributed by atoms with Crippen LogP contribution in [0.5, 0.6) is 5.75 Å². The molecule has 1 fully saturated rings. The van der Waals surface area contributed by atoms with Crippen molar-refractivity contribution in [2.75, 3.05) is 19.8 Å². The molecule has 1 aliphatic rings. The summed E-state index contributed by atoms with van der Waals surface area (Å²) in [7, 11) is 0. The Bertz CT molecular complexity index is 405. The molecule has 2 rings (SSSR count). The summed E-state index contributed by atoms with van der Waals surface area (Å²) in [5.41, 5.74) is 0. The lowest BCUT2D eigenvalue weighted by molar-refractivity contribution is -0.123. The van der Waals surface area contributed by atoms with Crippen LogP contribution in [0.1, 0.15) is 12.8 Å². The van der Waals surface area contributed by atoms with E-state index in [0.29, 0.717) is 12.3 Å². The van der Waals surface area contributed by atoms with Crippen molar-refractivity contribution in [3.63, 3.8) is 0 Å². The average Bonchev–Trinajstić information content (AvgIpc) is 2.88. The molecule has 0 spiro atoms. The Morgan fingerprint density at radius 2 is 2.33 bits per heavy atom. The molecule has 1 aromatic rings. The predicted molar refractivity (Wildman–Crippen MR) is 71.6 cm³/mol. The second-order valence-corrected chi connectivity index (χ2v) is 5.01. The Hall–Kier alpha value is -1.07. The van der Waals surface area contributed by atoms with Crippen molar-refractivity contribution in [3.05, 3.63) is 28.7 Å². The van der Waals surface area contributed by atoms with Gasteiger partial charge in [0, 0.05) is 13.2 Å². The molecule has 0 saturated carbocycles. The maximum atomic E-state index is 11.6. The molecule has 1 atom stereocenters. The lowest BCUT2D eigenvalue weighted by Crippen LogP contribution is -2.35. The van der Waals surface area contributed by atoms with Gasteiger partial charge in [-0.1, -0.05) is 12.1 Å². The van der Waals surface area contributed by atoms with Crippen LogP contribution in [0.3, 0.4) is 0 Å². The number of rotatable bonds is 5. The van der Waals surface area contributed by atoms with Gasteiger partial charge in [-0.05, 0) is 40.9 Å². The summed E-state index contributed by atoms with van der Waals surface area (Å²) >= 11 is 3.36. The number of carbonyl (C=O) groups excluding carboxylic acids is 1. The lowest BCUT2D eigenvalue weighted by Gasteiger charge is -2.11. The fourth-order valence-electron chi connectivity index (χ4n) is 1.79. The first-order chi connectivity index (χ1) is 8.75. The molecule has 98 valence electrons. The number of para-hydroxylation sites is 1. The summed E-state index contributed by atoms with van der Waals surface area (Å²) in [6.07, 6.45) is 2.26. The van der Waals surface area contributed by atoms with E-state index in [1.807, 2.05) is 24.3 Å². The minimum Gasteiger partial charge on any atom is -0.483 e. The number of hydrogen-bond donors (Lipinski definition) is 1. The number of hydrogen-bond acceptors (Lipinski definition) is 3. The molecule has 0 aromatic heterocycles. The molecule has 1 aromatic carbocycles. The summed E-state index contributed by atoms with van der Waals surface area (Å²) in [5.74, 6) is 0.547. The van der Waals surface area contributed by atoms with Gasteiger partial charge in [0.05, 0.1) is 10.6 Å². The molecule has 1 aliphatic heterocycles. The topological polar surface area (TPSA) is 47.6 Å². The van der Waals surface area contributed by atoms with E-state index in [1.54, 1.807) is 0 Å². The van der Waals surface area contributed by atoms with E-state index in [9.17, 15) is 4.79 Å². The number of halogens is 1. The van der Waals surface area contributed by atoms with Crippen LogP contribution in [-0.2, 0) is 9.53 Å². The van der Waals surface area contributed by atoms with E-state index in [4.69, 9.17) is 9.47 Å². The summed E-state index contributed by atoms with van der Waals surface area (Å²) in [6.45, 7) is 1.39. The van der Waals surface area contributed by atoms with E-state index in [2.05, 4.69) is 21.2 Å². The monoisotopic (exact) mass is 313 g/mol. The van der Waals surface area contributed by atoms with Crippen LogP contribution in [-0.4, -0.2) is 31.8 Å². The van der Waals surface area contributed by atoms with Crippen molar-refractivity contribution in [1.29, 1.82) is 0 Å². The fourth-order valence-corrected chi connectivity index (χ4v) is 2.19. The average molecular weight is 314 g/mol. The number of amides is 1. The molecule has 1 unspecified atom stereocenters. The molecule has 0 bridgehead atoms. The van der Waals surface area contributed by atoms with Crippen molar-refractivity contribution < 1.29 is 14.3 Å². The van der Waals surface area contributed by atoms with Gasteiger partial charge in [-0.3, -0.25) is 4.79 Å². The molecular formula is C13H16BrNO3. The van der Waals surface area contributed by atoms with Gasteiger partial charge in [0.1, 0.15) is 5.75 Å². The highest BCUT2D eigenvalue weighted by Gasteiger charge is 2.16. The van der Waals surface area contributed by atoms with E-state index < -0.39 is 0 Å². The zero-order chi connectivity index (χ0) is 12.8. The molecule has 0 radical (unpaired) electrons. The zero-order valence-electron chi connectivity index (χ0n) is 10.0. The van der Waals surface area contributed by atoms with Gasteiger partial charge in [-0.15, -0.1) is 0 Å². The Morgan fingerprint density at radius 3 is 3.06 bits per heavy atom. The van der Waals surface area contributed by atoms with Gasteiger partial charge < -0.3 is 14.8 Å². The number of ether oxygens (including phenoxy) is 2. The second kappa shape index (κ2) is 6.75. The normalized spacial score (nSPS) is 18.6. The second-order valence-electron chi connectivity index (χ2n) is 4.16. The lowest BCUT2D eigenvalue weighted by atomic mass is 10.2. The third-order valence-electron chi connectivity index (χ3n) is 2.75. The van der Waals surface area contributed by atoms with Gasteiger partial charge >= 0.3 is 0 Å². The summed E-state index contributed by atoms with van der Waals surface area (Å²) in [4.78, 5) is 11.6. The third-order valence-corrected chi connectivity index (χ3v) is 3.40. The first kappa shape index (κ1) is 13.4. The molecule has 0 aliphatic carbocycles. The number of carbonyl (C=O) groups is 1. The van der Waals surface area contributed by atoms with Crippen molar-refractivity contribution in [3.8, 4) is 5.75 Å². The van der Waals surface area contributed by atoms with E-state index >= 15 is 0 Å². The van der Waals surface area contributed by atoms with Crippen LogP contribution in [0.2, 0.25) is 0 Å². The van der Waals surface area contributed by atoms with Crippen LogP contribution >= 0.6 is 15.9 Å². The van der Waals surface area contributed by atoms with Crippen molar-refractivity contribution >= 4 is 21.8 Å². The number of benzene rings is 1. The van der Waals surface area contributed by atoms with Gasteiger partial charge in [0.25, 0.3) is 5.91 Å². The first-order valence-electron chi connectivity index (χ1n) is 6.01. The third kappa shape index (κ3) is 3.99. The Labute approximate surface area is 115 Å². The predicted octanol–water partition coefficient (Wildman–Crippen LogP) is 2.12. The maximum absolute atomic E-state index is 11.6. The van der Waals surface area contributed by atoms with Crippen LogP contribution < -0.4 is 10.1 Å². The molecule has 1 N–H and O–H groups in total. The molecule has 5 heteroatoms. The highest BCUT2D eigenvalue weighted by atomic mass is 79.9. The quantitative estimate of drug-likeness (QED) is 0.906. The van der Waals surface area contributed by atoms with Crippen LogP contribution in [0.15, 0.2) is 28.7 Å². The Balaban J connectivity index is 1.69. The van der Waals surface area contributed by atoms with Crippen molar-refractivity contribution in [2.24, 2.45) is 0 Å². The van der Waals surface area contributed by atoms with E-state index in [-0.39, 0.29) is 18.6 Å². The standard InChI is InChI=1S/C13H16BrNO3/c14-11-5-1-2-6-12(11)18-9-13(16)15-8-10-4-3-7-17-10/h1-2,5-6,10H,3-4,7-9H2,(H,15,16). The van der Waals surface area contributed by atoms with Gasteiger partial charge in [-0.2, -0.15) is 0 Å². The largest absolute Gasteiger partial charge is 0.483 e. The molecular weight excluding hydrogens is 298 g/mol. The smallest absolute Gasteiger partial charge is 0.258 e.